The zero-order chi connectivity index (χ0) is 20.1. The van der Waals surface area contributed by atoms with Gasteiger partial charge in [0.25, 0.3) is 0 Å². The lowest BCUT2D eigenvalue weighted by molar-refractivity contribution is 0.506. The number of anilines is 1. The Hall–Kier alpha value is -2.48. The molecule has 2 aromatic heterocycles. The summed E-state index contributed by atoms with van der Waals surface area (Å²) in [4.78, 5) is 10.2. The number of hydrogen-bond donors (Lipinski definition) is 0. The number of hydrogen-bond acceptors (Lipinski definition) is 4. The fourth-order valence-electron chi connectivity index (χ4n) is 3.19. The molecule has 0 saturated carbocycles. The highest BCUT2D eigenvalue weighted by Crippen LogP contribution is 2.31. The van der Waals surface area contributed by atoms with Gasteiger partial charge in [0.2, 0.25) is 0 Å². The van der Waals surface area contributed by atoms with Gasteiger partial charge in [-0.15, -0.1) is 0 Å². The first-order chi connectivity index (χ1) is 13.5. The Bertz CT molecular complexity index is 918. The molecule has 1 atom stereocenters. The minimum atomic E-state index is -0.919. The van der Waals surface area contributed by atoms with Crippen molar-refractivity contribution in [1.82, 2.24) is 14.5 Å². The van der Waals surface area contributed by atoms with Crippen LogP contribution in [0.2, 0.25) is 0 Å². The molecule has 2 heterocycles. The van der Waals surface area contributed by atoms with E-state index < -0.39 is 11.6 Å². The van der Waals surface area contributed by atoms with Gasteiger partial charge in [0.1, 0.15) is 0 Å². The van der Waals surface area contributed by atoms with Crippen LogP contribution >= 0.6 is 12.1 Å². The molecule has 1 unspecified atom stereocenters. The Morgan fingerprint density at radius 3 is 2.64 bits per heavy atom. The van der Waals surface area contributed by atoms with E-state index >= 15 is 0 Å². The van der Waals surface area contributed by atoms with Gasteiger partial charge in [-0.1, -0.05) is 0 Å². The summed E-state index contributed by atoms with van der Waals surface area (Å²) in [7, 11) is 0. The van der Waals surface area contributed by atoms with Gasteiger partial charge in [0.05, 0.1) is 18.9 Å². The van der Waals surface area contributed by atoms with Crippen molar-refractivity contribution in [2.75, 3.05) is 17.2 Å². The lowest BCUT2D eigenvalue weighted by Crippen LogP contribution is -2.30. The molecule has 0 radical (unpaired) electrons. The predicted octanol–water partition coefficient (Wildman–Crippen LogP) is 5.10. The first kappa shape index (κ1) is 20.3. The highest BCUT2D eigenvalue weighted by atomic mass is 32.2. The molecule has 148 valence electrons. The van der Waals surface area contributed by atoms with E-state index in [4.69, 9.17) is 0 Å². The number of rotatable bonds is 8. The molecule has 0 saturated heterocycles. The standard InChI is InChI=1S/C20H21F3N4S/c1-14-7-18(21)19(22)9-20(14)27(5-6-28-23)15(2)17-8-16(10-25-11-17)12-26-4-3-24-13-26/h3-4,7-11,13,15H,5-6,12H2,1-2H3. The van der Waals surface area contributed by atoms with Gasteiger partial charge in [-0.3, -0.25) is 4.98 Å². The molecule has 1 aromatic carbocycles. The molecule has 0 aliphatic carbocycles. The van der Waals surface area contributed by atoms with Gasteiger partial charge >= 0.3 is 0 Å². The van der Waals surface area contributed by atoms with Crippen molar-refractivity contribution in [3.05, 3.63) is 77.6 Å². The van der Waals surface area contributed by atoms with E-state index in [2.05, 4.69) is 9.97 Å². The number of halogens is 3. The van der Waals surface area contributed by atoms with Crippen LogP contribution in [-0.2, 0) is 6.54 Å². The van der Waals surface area contributed by atoms with Crippen LogP contribution in [0, 0.1) is 18.6 Å². The van der Waals surface area contributed by atoms with Gasteiger partial charge < -0.3 is 9.47 Å². The average Bonchev–Trinajstić information content (AvgIpc) is 3.19. The third-order valence-corrected chi connectivity index (χ3v) is 4.98. The van der Waals surface area contributed by atoms with Crippen molar-refractivity contribution in [3.63, 3.8) is 0 Å². The largest absolute Gasteiger partial charge is 0.363 e. The summed E-state index contributed by atoms with van der Waals surface area (Å²) in [6.45, 7) is 4.63. The summed E-state index contributed by atoms with van der Waals surface area (Å²) < 4.78 is 42.2. The van der Waals surface area contributed by atoms with E-state index in [1.807, 2.05) is 28.7 Å². The van der Waals surface area contributed by atoms with Crippen LogP contribution < -0.4 is 4.90 Å². The van der Waals surface area contributed by atoms with E-state index in [-0.39, 0.29) is 23.9 Å². The number of aromatic nitrogens is 3. The van der Waals surface area contributed by atoms with E-state index in [0.29, 0.717) is 24.3 Å². The minimum Gasteiger partial charge on any atom is -0.363 e. The fourth-order valence-corrected chi connectivity index (χ4v) is 3.46. The monoisotopic (exact) mass is 406 g/mol. The summed E-state index contributed by atoms with van der Waals surface area (Å²) in [5.41, 5.74) is 3.03. The van der Waals surface area contributed by atoms with Crippen LogP contribution in [0.15, 0.2) is 49.3 Å². The van der Waals surface area contributed by atoms with E-state index in [0.717, 1.165) is 11.1 Å². The molecular formula is C20H21F3N4S. The number of pyridine rings is 1. The van der Waals surface area contributed by atoms with E-state index in [1.54, 1.807) is 31.8 Å². The molecule has 0 N–H and O–H groups in total. The molecule has 0 fully saturated rings. The normalized spacial score (nSPS) is 12.2. The fraction of sp³-hybridized carbons (Fsp3) is 0.300. The summed E-state index contributed by atoms with van der Waals surface area (Å²) in [5, 5.41) is 0. The maximum absolute atomic E-state index is 13.9. The molecule has 0 aliphatic heterocycles. The smallest absolute Gasteiger partial charge is 0.160 e. The van der Waals surface area contributed by atoms with Crippen molar-refractivity contribution < 1.29 is 12.7 Å². The molecule has 0 spiro atoms. The quantitative estimate of drug-likeness (QED) is 0.521. The number of benzene rings is 1. The Balaban J connectivity index is 1.91. The zero-order valence-corrected chi connectivity index (χ0v) is 16.5. The van der Waals surface area contributed by atoms with Gasteiger partial charge in [-0.2, -0.15) is 3.89 Å². The molecule has 3 rings (SSSR count). The summed E-state index contributed by atoms with van der Waals surface area (Å²) in [6, 6.07) is 4.15. The van der Waals surface area contributed by atoms with Crippen LogP contribution in [0.3, 0.4) is 0 Å². The second-order valence-electron chi connectivity index (χ2n) is 6.60. The number of aryl methyl sites for hydroxylation is 1. The van der Waals surface area contributed by atoms with Crippen molar-refractivity contribution in [3.8, 4) is 0 Å². The molecule has 8 heteroatoms. The average molecular weight is 406 g/mol. The SMILES string of the molecule is Cc1cc(F)c(F)cc1N(CCSF)C(C)c1cncc(Cn2ccnc2)c1. The van der Waals surface area contributed by atoms with Crippen molar-refractivity contribution in [1.29, 1.82) is 0 Å². The predicted molar refractivity (Wildman–Crippen MR) is 106 cm³/mol. The number of nitrogens with zero attached hydrogens (tertiary/aromatic N) is 4. The highest BCUT2D eigenvalue weighted by Gasteiger charge is 2.21. The van der Waals surface area contributed by atoms with Crippen LogP contribution in [0.1, 0.15) is 29.7 Å². The Kier molecular flexibility index (Phi) is 6.61. The molecule has 0 aliphatic rings. The maximum atomic E-state index is 13.9. The summed E-state index contributed by atoms with van der Waals surface area (Å²) >= 11 is 0.221. The van der Waals surface area contributed by atoms with Gasteiger partial charge in [-0.05, 0) is 42.7 Å². The third kappa shape index (κ3) is 4.67. The summed E-state index contributed by atoms with van der Waals surface area (Å²) in [5.74, 6) is -1.60. The lowest BCUT2D eigenvalue weighted by Gasteiger charge is -2.32. The number of imidazole rings is 1. The Morgan fingerprint density at radius 2 is 1.93 bits per heavy atom. The van der Waals surface area contributed by atoms with E-state index in [9.17, 15) is 12.7 Å². The topological polar surface area (TPSA) is 34.0 Å². The van der Waals surface area contributed by atoms with Crippen molar-refractivity contribution in [2.24, 2.45) is 0 Å². The maximum Gasteiger partial charge on any atom is 0.160 e. The third-order valence-electron chi connectivity index (χ3n) is 4.65. The van der Waals surface area contributed by atoms with E-state index in [1.165, 1.54) is 12.1 Å². The second-order valence-corrected chi connectivity index (χ2v) is 7.22. The van der Waals surface area contributed by atoms with Crippen LogP contribution in [0.4, 0.5) is 18.4 Å². The Morgan fingerprint density at radius 1 is 1.14 bits per heavy atom. The van der Waals surface area contributed by atoms with Gasteiger partial charge in [0, 0.05) is 61.0 Å². The highest BCUT2D eigenvalue weighted by molar-refractivity contribution is 7.94. The second kappa shape index (κ2) is 9.14. The molecular weight excluding hydrogens is 385 g/mol. The van der Waals surface area contributed by atoms with Gasteiger partial charge in [0.15, 0.2) is 11.6 Å². The first-order valence-electron chi connectivity index (χ1n) is 8.85. The van der Waals surface area contributed by atoms with Crippen LogP contribution in [0.25, 0.3) is 0 Å². The van der Waals surface area contributed by atoms with Gasteiger partial charge in [-0.25, -0.2) is 13.8 Å². The Labute approximate surface area is 166 Å². The minimum absolute atomic E-state index is 0.203. The van der Waals surface area contributed by atoms with Crippen molar-refractivity contribution in [2.45, 2.75) is 26.4 Å². The van der Waals surface area contributed by atoms with Crippen LogP contribution in [-0.4, -0.2) is 26.8 Å². The summed E-state index contributed by atoms with van der Waals surface area (Å²) in [6.07, 6.45) is 8.83. The lowest BCUT2D eigenvalue weighted by atomic mass is 10.0. The molecule has 0 bridgehead atoms. The zero-order valence-electron chi connectivity index (χ0n) is 15.6. The molecule has 28 heavy (non-hydrogen) atoms. The van der Waals surface area contributed by atoms with Crippen LogP contribution in [0.5, 0.6) is 0 Å². The molecule has 3 aromatic rings. The molecule has 4 nitrogen and oxygen atoms in total. The van der Waals surface area contributed by atoms with Crippen molar-refractivity contribution >= 4 is 17.8 Å². The molecule has 0 amide bonds. The first-order valence-corrected chi connectivity index (χ1v) is 9.73.